The van der Waals surface area contributed by atoms with E-state index in [-0.39, 0.29) is 12.3 Å². The van der Waals surface area contributed by atoms with Gasteiger partial charge in [-0.3, -0.25) is 0 Å². The number of rotatable bonds is 6. The first-order chi connectivity index (χ1) is 9.98. The molecule has 0 aliphatic rings. The molecule has 0 aliphatic carbocycles. The normalized spacial score (nSPS) is 13.0. The highest BCUT2D eigenvalue weighted by atomic mass is 32.2. The maximum absolute atomic E-state index is 12.0. The first-order valence-electron chi connectivity index (χ1n) is 6.52. The number of para-hydroxylation sites is 1. The van der Waals surface area contributed by atoms with Gasteiger partial charge in [0.2, 0.25) is 10.0 Å². The largest absolute Gasteiger partial charge is 0.398 e. The van der Waals surface area contributed by atoms with Crippen LogP contribution in [0.4, 0.5) is 5.69 Å². The quantitative estimate of drug-likeness (QED) is 0.704. The van der Waals surface area contributed by atoms with Crippen LogP contribution < -0.4 is 10.5 Å². The molecule has 0 heterocycles. The average Bonchev–Trinajstić information content (AvgIpc) is 2.48. The van der Waals surface area contributed by atoms with Crippen molar-refractivity contribution in [1.29, 1.82) is 0 Å². The Labute approximate surface area is 124 Å². The Morgan fingerprint density at radius 1 is 1.05 bits per heavy atom. The van der Waals surface area contributed by atoms with Crippen LogP contribution >= 0.6 is 0 Å². The van der Waals surface area contributed by atoms with E-state index in [1.165, 1.54) is 0 Å². The zero-order valence-corrected chi connectivity index (χ0v) is 12.3. The molecule has 1 atom stereocenters. The molecule has 0 aliphatic heterocycles. The van der Waals surface area contributed by atoms with Gasteiger partial charge in [-0.05, 0) is 17.2 Å². The summed E-state index contributed by atoms with van der Waals surface area (Å²) >= 11 is 0. The Morgan fingerprint density at radius 3 is 2.33 bits per heavy atom. The lowest BCUT2D eigenvalue weighted by atomic mass is 10.1. The van der Waals surface area contributed by atoms with Crippen LogP contribution in [0.15, 0.2) is 54.6 Å². The van der Waals surface area contributed by atoms with E-state index in [1.54, 1.807) is 48.5 Å². The van der Waals surface area contributed by atoms with Crippen LogP contribution in [0.1, 0.15) is 17.2 Å². The van der Waals surface area contributed by atoms with Gasteiger partial charge in [0, 0.05) is 12.2 Å². The van der Waals surface area contributed by atoms with E-state index in [9.17, 15) is 13.5 Å². The molecule has 0 fully saturated rings. The molecular weight excluding hydrogens is 288 g/mol. The molecule has 2 rings (SSSR count). The second-order valence-electron chi connectivity index (χ2n) is 4.73. The van der Waals surface area contributed by atoms with Crippen molar-refractivity contribution in [3.05, 3.63) is 65.7 Å². The fourth-order valence-corrected chi connectivity index (χ4v) is 3.11. The van der Waals surface area contributed by atoms with E-state index >= 15 is 0 Å². The topological polar surface area (TPSA) is 92.4 Å². The third-order valence-corrected chi connectivity index (χ3v) is 4.38. The minimum atomic E-state index is -3.55. The van der Waals surface area contributed by atoms with Crippen molar-refractivity contribution in [2.24, 2.45) is 0 Å². The zero-order valence-electron chi connectivity index (χ0n) is 11.4. The molecule has 1 unspecified atom stereocenters. The summed E-state index contributed by atoms with van der Waals surface area (Å²) in [6.07, 6.45) is -0.880. The molecule has 2 aromatic rings. The molecule has 2 aromatic carbocycles. The fourth-order valence-electron chi connectivity index (χ4n) is 1.92. The van der Waals surface area contributed by atoms with Gasteiger partial charge in [0.1, 0.15) is 0 Å². The number of nitrogens with one attached hydrogen (secondary N) is 1. The van der Waals surface area contributed by atoms with Crippen molar-refractivity contribution in [3.8, 4) is 0 Å². The second-order valence-corrected chi connectivity index (χ2v) is 6.54. The lowest BCUT2D eigenvalue weighted by Gasteiger charge is -2.13. The molecule has 0 bridgehead atoms. The molecule has 5 nitrogen and oxygen atoms in total. The SMILES string of the molecule is Nc1ccccc1CS(=O)(=O)NCC(O)c1ccccc1. The number of hydrogen-bond donors (Lipinski definition) is 3. The van der Waals surface area contributed by atoms with Crippen LogP contribution in [-0.4, -0.2) is 20.1 Å². The number of benzene rings is 2. The van der Waals surface area contributed by atoms with E-state index in [4.69, 9.17) is 5.73 Å². The van der Waals surface area contributed by atoms with E-state index in [1.807, 2.05) is 6.07 Å². The number of sulfonamides is 1. The Bertz CT molecular complexity index is 687. The summed E-state index contributed by atoms with van der Waals surface area (Å²) in [6, 6.07) is 15.7. The highest BCUT2D eigenvalue weighted by Crippen LogP contribution is 2.15. The second kappa shape index (κ2) is 6.71. The molecule has 0 aromatic heterocycles. The number of hydrogen-bond acceptors (Lipinski definition) is 4. The summed E-state index contributed by atoms with van der Waals surface area (Å²) in [5, 5.41) is 9.95. The Kier molecular flexibility index (Phi) is 4.95. The Hall–Kier alpha value is -1.89. The first-order valence-corrected chi connectivity index (χ1v) is 8.17. The maximum Gasteiger partial charge on any atom is 0.215 e. The molecule has 0 spiro atoms. The Morgan fingerprint density at radius 2 is 1.67 bits per heavy atom. The molecule has 21 heavy (non-hydrogen) atoms. The predicted molar refractivity (Wildman–Crippen MR) is 82.9 cm³/mol. The molecule has 0 saturated heterocycles. The van der Waals surface area contributed by atoms with Gasteiger partial charge < -0.3 is 10.8 Å². The van der Waals surface area contributed by atoms with Gasteiger partial charge in [0.05, 0.1) is 11.9 Å². The molecule has 0 amide bonds. The first kappa shape index (κ1) is 15.5. The van der Waals surface area contributed by atoms with E-state index in [0.29, 0.717) is 16.8 Å². The highest BCUT2D eigenvalue weighted by Gasteiger charge is 2.16. The van der Waals surface area contributed by atoms with Crippen LogP contribution in [-0.2, 0) is 15.8 Å². The van der Waals surface area contributed by atoms with E-state index in [0.717, 1.165) is 0 Å². The minimum absolute atomic E-state index is 0.0704. The number of aliphatic hydroxyl groups excluding tert-OH is 1. The van der Waals surface area contributed by atoms with Gasteiger partial charge in [0.15, 0.2) is 0 Å². The van der Waals surface area contributed by atoms with E-state index in [2.05, 4.69) is 4.72 Å². The van der Waals surface area contributed by atoms with Crippen LogP contribution in [0, 0.1) is 0 Å². The van der Waals surface area contributed by atoms with Crippen LogP contribution in [0.25, 0.3) is 0 Å². The summed E-state index contributed by atoms with van der Waals surface area (Å²) in [6.45, 7) is -0.0704. The van der Waals surface area contributed by atoms with E-state index < -0.39 is 16.1 Å². The fraction of sp³-hybridized carbons (Fsp3) is 0.200. The predicted octanol–water partition coefficient (Wildman–Crippen LogP) is 1.42. The molecule has 6 heteroatoms. The summed E-state index contributed by atoms with van der Waals surface area (Å²) in [5.74, 6) is -0.207. The smallest absolute Gasteiger partial charge is 0.215 e. The summed E-state index contributed by atoms with van der Waals surface area (Å²) in [5.41, 5.74) is 7.38. The molecule has 0 radical (unpaired) electrons. The number of nitrogen functional groups attached to an aromatic ring is 1. The van der Waals surface area contributed by atoms with Gasteiger partial charge >= 0.3 is 0 Å². The lowest BCUT2D eigenvalue weighted by molar-refractivity contribution is 0.182. The van der Waals surface area contributed by atoms with Crippen LogP contribution in [0.3, 0.4) is 0 Å². The average molecular weight is 306 g/mol. The van der Waals surface area contributed by atoms with Crippen LogP contribution in [0.2, 0.25) is 0 Å². The third kappa shape index (κ3) is 4.56. The van der Waals surface area contributed by atoms with Gasteiger partial charge in [-0.15, -0.1) is 0 Å². The van der Waals surface area contributed by atoms with Crippen molar-refractivity contribution in [2.45, 2.75) is 11.9 Å². The van der Waals surface area contributed by atoms with Crippen molar-refractivity contribution in [3.63, 3.8) is 0 Å². The standard InChI is InChI=1S/C15H18N2O3S/c16-14-9-5-4-8-13(14)11-21(19,20)17-10-15(18)12-6-2-1-3-7-12/h1-9,15,17-18H,10-11,16H2. The number of aliphatic hydroxyl groups is 1. The number of anilines is 1. The third-order valence-electron chi connectivity index (χ3n) is 3.08. The minimum Gasteiger partial charge on any atom is -0.398 e. The molecular formula is C15H18N2O3S. The van der Waals surface area contributed by atoms with Gasteiger partial charge in [-0.2, -0.15) is 0 Å². The van der Waals surface area contributed by atoms with Crippen molar-refractivity contribution in [1.82, 2.24) is 4.72 Å². The van der Waals surface area contributed by atoms with Crippen molar-refractivity contribution in [2.75, 3.05) is 12.3 Å². The molecule has 0 saturated carbocycles. The zero-order chi connectivity index (χ0) is 15.3. The molecule has 4 N–H and O–H groups in total. The summed E-state index contributed by atoms with van der Waals surface area (Å²) < 4.78 is 26.4. The highest BCUT2D eigenvalue weighted by molar-refractivity contribution is 7.88. The lowest BCUT2D eigenvalue weighted by Crippen LogP contribution is -2.29. The van der Waals surface area contributed by atoms with Crippen LogP contribution in [0.5, 0.6) is 0 Å². The molecule has 112 valence electrons. The summed E-state index contributed by atoms with van der Waals surface area (Å²) in [7, 11) is -3.55. The summed E-state index contributed by atoms with van der Waals surface area (Å²) in [4.78, 5) is 0. The number of nitrogens with two attached hydrogens (primary N) is 1. The van der Waals surface area contributed by atoms with Crippen molar-refractivity contribution >= 4 is 15.7 Å². The van der Waals surface area contributed by atoms with Crippen molar-refractivity contribution < 1.29 is 13.5 Å². The van der Waals surface area contributed by atoms with Gasteiger partial charge in [0.25, 0.3) is 0 Å². The van der Waals surface area contributed by atoms with Gasteiger partial charge in [-0.25, -0.2) is 13.1 Å². The monoisotopic (exact) mass is 306 g/mol. The Balaban J connectivity index is 1.97. The maximum atomic E-state index is 12.0. The van der Waals surface area contributed by atoms with Gasteiger partial charge in [-0.1, -0.05) is 48.5 Å².